The van der Waals surface area contributed by atoms with Gasteiger partial charge in [0.25, 0.3) is 0 Å². The number of benzene rings is 1. The van der Waals surface area contributed by atoms with Gasteiger partial charge in [-0.3, -0.25) is 4.68 Å². The van der Waals surface area contributed by atoms with Crippen LogP contribution < -0.4 is 0 Å². The van der Waals surface area contributed by atoms with Crippen molar-refractivity contribution in [2.45, 2.75) is 33.2 Å². The van der Waals surface area contributed by atoms with Gasteiger partial charge in [-0.2, -0.15) is 10.2 Å². The van der Waals surface area contributed by atoms with E-state index in [-0.39, 0.29) is 5.82 Å². The van der Waals surface area contributed by atoms with E-state index in [2.05, 4.69) is 33.1 Å². The molecule has 2 aromatic heterocycles. The molecule has 0 unspecified atom stereocenters. The van der Waals surface area contributed by atoms with Crippen LogP contribution in [0.15, 0.2) is 41.3 Å². The predicted octanol–water partition coefficient (Wildman–Crippen LogP) is 4.14. The van der Waals surface area contributed by atoms with Gasteiger partial charge >= 0.3 is 0 Å². The Morgan fingerprint density at radius 2 is 2.04 bits per heavy atom. The molecule has 0 radical (unpaired) electrons. The van der Waals surface area contributed by atoms with Crippen LogP contribution in [-0.2, 0) is 19.4 Å². The highest BCUT2D eigenvalue weighted by Crippen LogP contribution is 2.23. The number of aromatic nitrogens is 4. The Hall–Kier alpha value is -1.95. The molecule has 2 heterocycles. The molecule has 1 aromatic carbocycles. The Kier molecular flexibility index (Phi) is 4.61. The standard InChI is InChI=1S/C17H18BrFN4/c1-3-13-8-14(19)5-6-16(13)23-15(9-17(18)21-23)7-12-10-20-22(4-2)11-12/h5-6,8-11H,3-4,7H2,1-2H3. The van der Waals surface area contributed by atoms with Crippen molar-refractivity contribution in [3.05, 3.63) is 63.9 Å². The van der Waals surface area contributed by atoms with Crippen LogP contribution in [0.4, 0.5) is 4.39 Å². The average molecular weight is 377 g/mol. The molecule has 4 nitrogen and oxygen atoms in total. The van der Waals surface area contributed by atoms with E-state index in [1.165, 1.54) is 6.07 Å². The lowest BCUT2D eigenvalue weighted by molar-refractivity contribution is 0.624. The molecular formula is C17H18BrFN4. The van der Waals surface area contributed by atoms with Crippen LogP contribution in [0.5, 0.6) is 0 Å². The molecule has 0 saturated heterocycles. The zero-order valence-electron chi connectivity index (χ0n) is 13.1. The summed E-state index contributed by atoms with van der Waals surface area (Å²) in [5, 5.41) is 8.84. The zero-order chi connectivity index (χ0) is 16.4. The molecule has 0 aliphatic carbocycles. The summed E-state index contributed by atoms with van der Waals surface area (Å²) in [6.45, 7) is 4.92. The Morgan fingerprint density at radius 1 is 1.22 bits per heavy atom. The molecule has 0 aliphatic rings. The van der Waals surface area contributed by atoms with Crippen LogP contribution in [0.2, 0.25) is 0 Å². The molecule has 0 aliphatic heterocycles. The highest BCUT2D eigenvalue weighted by molar-refractivity contribution is 9.10. The Bertz CT molecular complexity index is 822. The maximum atomic E-state index is 13.5. The topological polar surface area (TPSA) is 35.6 Å². The molecule has 23 heavy (non-hydrogen) atoms. The summed E-state index contributed by atoms with van der Waals surface area (Å²) in [6.07, 6.45) is 5.38. The molecule has 0 atom stereocenters. The quantitative estimate of drug-likeness (QED) is 0.670. The third-order valence-electron chi connectivity index (χ3n) is 3.80. The summed E-state index contributed by atoms with van der Waals surface area (Å²) in [4.78, 5) is 0. The first-order valence-corrected chi connectivity index (χ1v) is 8.44. The molecule has 3 rings (SSSR count). The van der Waals surface area contributed by atoms with Crippen molar-refractivity contribution in [3.8, 4) is 5.69 Å². The number of hydrogen-bond donors (Lipinski definition) is 0. The summed E-state index contributed by atoms with van der Waals surface area (Å²) < 4.78 is 18.0. The number of rotatable bonds is 5. The molecular weight excluding hydrogens is 359 g/mol. The van der Waals surface area contributed by atoms with Crippen LogP contribution in [0, 0.1) is 5.82 Å². The molecule has 6 heteroatoms. The molecule has 0 amide bonds. The molecule has 0 bridgehead atoms. The predicted molar refractivity (Wildman–Crippen MR) is 91.3 cm³/mol. The van der Waals surface area contributed by atoms with Crippen molar-refractivity contribution < 1.29 is 4.39 Å². The van der Waals surface area contributed by atoms with Gasteiger partial charge in [0.05, 0.1) is 11.9 Å². The van der Waals surface area contributed by atoms with E-state index in [9.17, 15) is 4.39 Å². The number of hydrogen-bond acceptors (Lipinski definition) is 2. The van der Waals surface area contributed by atoms with Crippen molar-refractivity contribution in [2.24, 2.45) is 0 Å². The maximum Gasteiger partial charge on any atom is 0.128 e. The lowest BCUT2D eigenvalue weighted by Gasteiger charge is -2.11. The first kappa shape index (κ1) is 15.9. The highest BCUT2D eigenvalue weighted by atomic mass is 79.9. The van der Waals surface area contributed by atoms with Crippen molar-refractivity contribution in [1.29, 1.82) is 0 Å². The SMILES string of the molecule is CCc1cc(F)ccc1-n1nc(Br)cc1Cc1cnn(CC)c1. The molecule has 3 aromatic rings. The third kappa shape index (κ3) is 3.37. The lowest BCUT2D eigenvalue weighted by atomic mass is 10.1. The molecule has 0 N–H and O–H groups in total. The first-order valence-electron chi connectivity index (χ1n) is 7.65. The Labute approximate surface area is 143 Å². The lowest BCUT2D eigenvalue weighted by Crippen LogP contribution is -2.06. The summed E-state index contributed by atoms with van der Waals surface area (Å²) >= 11 is 3.45. The summed E-state index contributed by atoms with van der Waals surface area (Å²) in [5.41, 5.74) is 4.01. The van der Waals surface area contributed by atoms with E-state index < -0.39 is 0 Å². The van der Waals surface area contributed by atoms with Gasteiger partial charge in [0.15, 0.2) is 0 Å². The minimum Gasteiger partial charge on any atom is -0.273 e. The van der Waals surface area contributed by atoms with Crippen LogP contribution in [0.1, 0.15) is 30.7 Å². The average Bonchev–Trinajstić information content (AvgIpc) is 3.14. The van der Waals surface area contributed by atoms with Gasteiger partial charge in [0.2, 0.25) is 0 Å². The van der Waals surface area contributed by atoms with Crippen LogP contribution in [0.25, 0.3) is 5.69 Å². The fraction of sp³-hybridized carbons (Fsp3) is 0.294. The largest absolute Gasteiger partial charge is 0.273 e. The van der Waals surface area contributed by atoms with Crippen molar-refractivity contribution in [2.75, 3.05) is 0 Å². The zero-order valence-corrected chi connectivity index (χ0v) is 14.7. The number of aryl methyl sites for hydroxylation is 2. The fourth-order valence-electron chi connectivity index (χ4n) is 2.65. The van der Waals surface area contributed by atoms with Gasteiger partial charge < -0.3 is 0 Å². The smallest absolute Gasteiger partial charge is 0.128 e. The van der Waals surface area contributed by atoms with E-state index >= 15 is 0 Å². The van der Waals surface area contributed by atoms with Gasteiger partial charge in [-0.1, -0.05) is 6.92 Å². The summed E-state index contributed by atoms with van der Waals surface area (Å²) in [5.74, 6) is -0.220. The van der Waals surface area contributed by atoms with Gasteiger partial charge in [0, 0.05) is 24.9 Å². The monoisotopic (exact) mass is 376 g/mol. The normalized spacial score (nSPS) is 11.1. The van der Waals surface area contributed by atoms with E-state index in [4.69, 9.17) is 0 Å². The van der Waals surface area contributed by atoms with Crippen LogP contribution >= 0.6 is 15.9 Å². The Balaban J connectivity index is 2.00. The number of halogens is 2. The summed E-state index contributed by atoms with van der Waals surface area (Å²) in [6, 6.07) is 6.82. The summed E-state index contributed by atoms with van der Waals surface area (Å²) in [7, 11) is 0. The van der Waals surface area contributed by atoms with Crippen LogP contribution in [-0.4, -0.2) is 19.6 Å². The van der Waals surface area contributed by atoms with Crippen LogP contribution in [0.3, 0.4) is 0 Å². The van der Waals surface area contributed by atoms with E-state index in [1.807, 2.05) is 34.7 Å². The Morgan fingerprint density at radius 3 is 2.74 bits per heavy atom. The van der Waals surface area contributed by atoms with Crippen molar-refractivity contribution >= 4 is 15.9 Å². The molecule has 0 fully saturated rings. The first-order chi connectivity index (χ1) is 11.1. The van der Waals surface area contributed by atoms with Gasteiger partial charge in [-0.05, 0) is 64.7 Å². The van der Waals surface area contributed by atoms with Gasteiger partial charge in [-0.25, -0.2) is 9.07 Å². The minimum atomic E-state index is -0.220. The fourth-order valence-corrected chi connectivity index (χ4v) is 3.07. The third-order valence-corrected chi connectivity index (χ3v) is 4.19. The highest BCUT2D eigenvalue weighted by Gasteiger charge is 2.13. The van der Waals surface area contributed by atoms with Gasteiger partial charge in [0.1, 0.15) is 10.4 Å². The van der Waals surface area contributed by atoms with E-state index in [0.717, 1.165) is 46.5 Å². The molecule has 0 saturated carbocycles. The second kappa shape index (κ2) is 6.66. The second-order valence-electron chi connectivity index (χ2n) is 5.38. The number of nitrogens with zero attached hydrogens (tertiary/aromatic N) is 4. The minimum absolute atomic E-state index is 0.220. The second-order valence-corrected chi connectivity index (χ2v) is 6.19. The molecule has 0 spiro atoms. The van der Waals surface area contributed by atoms with Gasteiger partial charge in [-0.15, -0.1) is 0 Å². The molecule has 120 valence electrons. The van der Waals surface area contributed by atoms with Crippen molar-refractivity contribution in [1.82, 2.24) is 19.6 Å². The van der Waals surface area contributed by atoms with Crippen molar-refractivity contribution in [3.63, 3.8) is 0 Å². The maximum absolute atomic E-state index is 13.5. The van der Waals surface area contributed by atoms with E-state index in [1.54, 1.807) is 12.1 Å². The van der Waals surface area contributed by atoms with E-state index in [0.29, 0.717) is 0 Å².